The SMILES string of the molecule is CCCCCCCCCCCCCCCCCCOC[C@H](COP(=O)([O-])OCC[N+](C)(C)C)OC1OC(O)C(O)C(O)C1NC1C(=O)C(C)=C(C)C1=O. The number of Topliss-reactive ketones (excluding diaryl/α,β-unsaturated/α-hetero) is 2. The summed E-state index contributed by atoms with van der Waals surface area (Å²) in [5.74, 6) is -1.00. The van der Waals surface area contributed by atoms with Crippen molar-refractivity contribution >= 4 is 19.4 Å². The van der Waals surface area contributed by atoms with Crippen LogP contribution >= 0.6 is 7.82 Å². The van der Waals surface area contributed by atoms with Gasteiger partial charge in [-0.15, -0.1) is 0 Å². The number of nitrogens with one attached hydrogen (secondary N) is 1. The third-order valence-corrected chi connectivity index (χ3v) is 10.9. The van der Waals surface area contributed by atoms with Gasteiger partial charge in [0.15, 0.2) is 24.1 Å². The fourth-order valence-corrected chi connectivity index (χ4v) is 7.05. The summed E-state index contributed by atoms with van der Waals surface area (Å²) in [6, 6.07) is -2.73. The molecule has 0 spiro atoms. The summed E-state index contributed by atoms with van der Waals surface area (Å²) in [5.41, 5.74) is 0.531. The van der Waals surface area contributed by atoms with Crippen molar-refractivity contribution in [3.8, 4) is 0 Å². The number of quaternary nitrogens is 1. The molecule has 1 heterocycles. The number of likely N-dealkylation sites (N-methyl/N-ethyl adjacent to an activating group) is 1. The maximum absolute atomic E-state index is 12.8. The lowest BCUT2D eigenvalue weighted by Crippen LogP contribution is -2.66. The maximum atomic E-state index is 12.8. The third-order valence-electron chi connectivity index (χ3n) is 9.96. The second-order valence-corrected chi connectivity index (χ2v) is 17.1. The molecule has 1 fully saturated rings. The lowest BCUT2D eigenvalue weighted by molar-refractivity contribution is -0.870. The van der Waals surface area contributed by atoms with Crippen LogP contribution in [0.25, 0.3) is 0 Å². The smallest absolute Gasteiger partial charge is 0.268 e. The van der Waals surface area contributed by atoms with Crippen molar-refractivity contribution in [1.82, 2.24) is 5.32 Å². The van der Waals surface area contributed by atoms with E-state index in [9.17, 15) is 34.4 Å². The van der Waals surface area contributed by atoms with Gasteiger partial charge in [0.2, 0.25) is 0 Å². The number of phosphoric ester groups is 1. The number of phosphoric acid groups is 1. The van der Waals surface area contributed by atoms with E-state index in [4.69, 9.17) is 23.3 Å². The second-order valence-electron chi connectivity index (χ2n) is 15.7. The van der Waals surface area contributed by atoms with Gasteiger partial charge in [0, 0.05) is 17.8 Å². The molecule has 0 amide bonds. The van der Waals surface area contributed by atoms with E-state index in [1.54, 1.807) is 0 Å². The van der Waals surface area contributed by atoms with Crippen LogP contribution in [0.1, 0.15) is 124 Å². The van der Waals surface area contributed by atoms with Crippen LogP contribution in [0.3, 0.4) is 0 Å². The molecule has 0 aromatic carbocycles. The molecule has 15 heteroatoms. The van der Waals surface area contributed by atoms with Crippen LogP contribution in [0.15, 0.2) is 11.1 Å². The topological polar surface area (TPSA) is 193 Å². The summed E-state index contributed by atoms with van der Waals surface area (Å²) in [7, 11) is 0.914. The van der Waals surface area contributed by atoms with Gasteiger partial charge in [-0.2, -0.15) is 0 Å². The Bertz CT molecular complexity index is 1120. The number of ketones is 2. The van der Waals surface area contributed by atoms with Crippen molar-refractivity contribution in [2.75, 3.05) is 54.1 Å². The monoisotopic (exact) mass is 778 g/mol. The van der Waals surface area contributed by atoms with Gasteiger partial charge in [-0.1, -0.05) is 103 Å². The predicted octanol–water partition coefficient (Wildman–Crippen LogP) is 4.07. The van der Waals surface area contributed by atoms with Crippen molar-refractivity contribution < 1.29 is 62.1 Å². The summed E-state index contributed by atoms with van der Waals surface area (Å²) in [4.78, 5) is 38.2. The number of carbonyl (C=O) groups is 2. The highest BCUT2D eigenvalue weighted by atomic mass is 31.2. The quantitative estimate of drug-likeness (QED) is 0.0354. The van der Waals surface area contributed by atoms with Gasteiger partial charge in [0.1, 0.15) is 37.5 Å². The summed E-state index contributed by atoms with van der Waals surface area (Å²) < 4.78 is 40.5. The number of carbonyl (C=O) groups excluding carboxylic acids is 2. The van der Waals surface area contributed by atoms with Gasteiger partial charge < -0.3 is 48.0 Å². The first-order chi connectivity index (χ1) is 25.1. The Kier molecular flexibility index (Phi) is 22.8. The van der Waals surface area contributed by atoms with E-state index < -0.39 is 69.0 Å². The van der Waals surface area contributed by atoms with Gasteiger partial charge in [0.25, 0.3) is 7.82 Å². The number of rotatable bonds is 30. The molecule has 2 aliphatic rings. The molecule has 7 atom stereocenters. The average molecular weight is 779 g/mol. The summed E-state index contributed by atoms with van der Waals surface area (Å²) in [6.07, 6.45) is 11.9. The molecule has 4 N–H and O–H groups in total. The summed E-state index contributed by atoms with van der Waals surface area (Å²) >= 11 is 0. The molecule has 0 saturated carbocycles. The Balaban J connectivity index is 1.86. The number of hydrogen-bond acceptors (Lipinski definition) is 13. The first-order valence-electron chi connectivity index (χ1n) is 19.9. The van der Waals surface area contributed by atoms with Crippen molar-refractivity contribution in [2.24, 2.45) is 0 Å². The predicted molar refractivity (Wildman–Crippen MR) is 200 cm³/mol. The van der Waals surface area contributed by atoms with Gasteiger partial charge >= 0.3 is 0 Å². The molecule has 1 aliphatic carbocycles. The highest BCUT2D eigenvalue weighted by molar-refractivity contribution is 7.45. The molecule has 14 nitrogen and oxygen atoms in total. The minimum Gasteiger partial charge on any atom is -0.756 e. The van der Waals surface area contributed by atoms with Crippen LogP contribution in [-0.4, -0.2) is 128 Å². The lowest BCUT2D eigenvalue weighted by Gasteiger charge is -2.42. The zero-order chi connectivity index (χ0) is 39.4. The highest BCUT2D eigenvalue weighted by Crippen LogP contribution is 2.38. The largest absolute Gasteiger partial charge is 0.756 e. The van der Waals surface area contributed by atoms with Crippen LogP contribution in [0, 0.1) is 0 Å². The average Bonchev–Trinajstić information content (AvgIpc) is 3.27. The lowest BCUT2D eigenvalue weighted by atomic mass is 9.99. The van der Waals surface area contributed by atoms with Crippen LogP contribution in [-0.2, 0) is 37.4 Å². The standard InChI is InChI=1S/C38H71N2O12P/c1-7-8-9-10-11-12-13-14-15-16-17-18-19-20-21-22-24-48-26-30(27-50-53(46,47)49-25-23-40(4,5)6)51-38-32(35(43)36(44)37(45)52-38)39-31-33(41)28(2)29(3)34(31)42/h30-32,35-39,43-45H,7-27H2,1-6H3/t30-,32?,35?,36?,37?,38?/m1/s1. The Hall–Kier alpha value is -1.13. The fourth-order valence-electron chi connectivity index (χ4n) is 6.33. The second kappa shape index (κ2) is 25.2. The number of unbranched alkanes of at least 4 members (excludes halogenated alkanes) is 15. The van der Waals surface area contributed by atoms with Gasteiger partial charge in [0.05, 0.1) is 40.4 Å². The molecule has 53 heavy (non-hydrogen) atoms. The van der Waals surface area contributed by atoms with Crippen LogP contribution in [0.5, 0.6) is 0 Å². The Morgan fingerprint density at radius 3 is 1.74 bits per heavy atom. The maximum Gasteiger partial charge on any atom is 0.268 e. The highest BCUT2D eigenvalue weighted by Gasteiger charge is 2.49. The molecular formula is C38H71N2O12P. The molecule has 0 bridgehead atoms. The molecule has 0 radical (unpaired) electrons. The van der Waals surface area contributed by atoms with E-state index in [1.165, 1.54) is 90.9 Å². The zero-order valence-corrected chi connectivity index (χ0v) is 34.2. The summed E-state index contributed by atoms with van der Waals surface area (Å²) in [6.45, 7) is 5.28. The molecule has 0 aromatic rings. The van der Waals surface area contributed by atoms with Crippen molar-refractivity contribution in [2.45, 2.75) is 166 Å². The van der Waals surface area contributed by atoms with Gasteiger partial charge in [-0.3, -0.25) is 19.5 Å². The number of ether oxygens (including phenoxy) is 3. The molecule has 6 unspecified atom stereocenters. The number of hydrogen-bond donors (Lipinski definition) is 4. The molecular weight excluding hydrogens is 707 g/mol. The zero-order valence-electron chi connectivity index (χ0n) is 33.3. The number of nitrogens with zero attached hydrogens (tertiary/aromatic N) is 1. The molecule has 1 aliphatic heterocycles. The van der Waals surface area contributed by atoms with Crippen molar-refractivity contribution in [3.05, 3.63) is 11.1 Å². The van der Waals surface area contributed by atoms with Crippen LogP contribution in [0.4, 0.5) is 0 Å². The summed E-state index contributed by atoms with van der Waals surface area (Å²) in [5, 5.41) is 34.3. The van der Waals surface area contributed by atoms with E-state index in [0.717, 1.165) is 25.7 Å². The van der Waals surface area contributed by atoms with E-state index in [1.807, 2.05) is 21.1 Å². The van der Waals surface area contributed by atoms with E-state index in [-0.39, 0.29) is 24.4 Å². The van der Waals surface area contributed by atoms with Gasteiger partial charge in [-0.05, 0) is 20.3 Å². The van der Waals surface area contributed by atoms with E-state index >= 15 is 0 Å². The van der Waals surface area contributed by atoms with Gasteiger partial charge in [-0.25, -0.2) is 0 Å². The minimum atomic E-state index is -4.75. The first kappa shape index (κ1) is 48.0. The fraction of sp³-hybridized carbons (Fsp3) is 0.895. The molecule has 2 rings (SSSR count). The molecule has 310 valence electrons. The van der Waals surface area contributed by atoms with Crippen molar-refractivity contribution in [1.29, 1.82) is 0 Å². The Morgan fingerprint density at radius 1 is 0.755 bits per heavy atom. The minimum absolute atomic E-state index is 0.101. The Morgan fingerprint density at radius 2 is 1.25 bits per heavy atom. The van der Waals surface area contributed by atoms with Crippen LogP contribution in [0.2, 0.25) is 0 Å². The third kappa shape index (κ3) is 18.6. The molecule has 1 saturated heterocycles. The van der Waals surface area contributed by atoms with E-state index in [2.05, 4.69) is 12.2 Å². The number of aliphatic hydroxyl groups is 3. The van der Waals surface area contributed by atoms with Crippen molar-refractivity contribution in [3.63, 3.8) is 0 Å². The normalized spacial score (nSPS) is 24.7. The Labute approximate surface area is 318 Å². The number of aliphatic hydroxyl groups excluding tert-OH is 3. The molecule has 0 aromatic heterocycles. The first-order valence-corrected chi connectivity index (χ1v) is 21.4. The van der Waals surface area contributed by atoms with Crippen LogP contribution < -0.4 is 10.2 Å². The van der Waals surface area contributed by atoms with E-state index in [0.29, 0.717) is 17.6 Å².